The van der Waals surface area contributed by atoms with Crippen molar-refractivity contribution in [3.63, 3.8) is 0 Å². The first-order valence-corrected chi connectivity index (χ1v) is 8.01. The van der Waals surface area contributed by atoms with E-state index in [0.29, 0.717) is 5.92 Å². The minimum absolute atomic E-state index is 0.0825. The molecule has 0 fully saturated rings. The Labute approximate surface area is 111 Å². The van der Waals surface area contributed by atoms with Gasteiger partial charge in [-0.25, -0.2) is 0 Å². The number of carbonyl (C=O) groups is 1. The van der Waals surface area contributed by atoms with Crippen LogP contribution >= 0.6 is 11.8 Å². The number of carbonyl (C=O) groups excluding carboxylic acids is 1. The Morgan fingerprint density at radius 3 is 2.59 bits per heavy atom. The van der Waals surface area contributed by atoms with Gasteiger partial charge < -0.3 is 10.6 Å². The summed E-state index contributed by atoms with van der Waals surface area (Å²) >= 11 is 1.85. The maximum absolute atomic E-state index is 11.7. The fourth-order valence-corrected chi connectivity index (χ4v) is 2.24. The highest BCUT2D eigenvalue weighted by atomic mass is 32.2. The first kappa shape index (κ1) is 16.8. The Kier molecular flexibility index (Phi) is 10.8. The molecule has 102 valence electrons. The highest BCUT2D eigenvalue weighted by molar-refractivity contribution is 7.98. The number of hydrogen-bond donors (Lipinski definition) is 2. The molecule has 0 saturated heterocycles. The van der Waals surface area contributed by atoms with Gasteiger partial charge in [0.2, 0.25) is 5.91 Å². The molecule has 0 aliphatic rings. The van der Waals surface area contributed by atoms with E-state index in [1.807, 2.05) is 18.7 Å². The normalized spacial score (nSPS) is 14.4. The molecule has 1 amide bonds. The second kappa shape index (κ2) is 10.9. The Morgan fingerprint density at radius 2 is 2.00 bits per heavy atom. The van der Waals surface area contributed by atoms with Gasteiger partial charge in [-0.15, -0.1) is 0 Å². The van der Waals surface area contributed by atoms with Gasteiger partial charge in [-0.2, -0.15) is 11.8 Å². The topological polar surface area (TPSA) is 41.1 Å². The summed E-state index contributed by atoms with van der Waals surface area (Å²) < 4.78 is 0. The van der Waals surface area contributed by atoms with Gasteiger partial charge >= 0.3 is 0 Å². The van der Waals surface area contributed by atoms with Crippen LogP contribution in [0.25, 0.3) is 0 Å². The third kappa shape index (κ3) is 9.48. The molecular formula is C13H28N2OS. The van der Waals surface area contributed by atoms with Crippen molar-refractivity contribution < 1.29 is 4.79 Å². The molecule has 3 nitrogen and oxygen atoms in total. The zero-order valence-electron chi connectivity index (χ0n) is 11.7. The zero-order chi connectivity index (χ0) is 13.1. The number of unbranched alkanes of at least 4 members (excludes halogenated alkanes) is 2. The van der Waals surface area contributed by atoms with E-state index < -0.39 is 0 Å². The average molecular weight is 260 g/mol. The quantitative estimate of drug-likeness (QED) is 0.592. The summed E-state index contributed by atoms with van der Waals surface area (Å²) in [7, 11) is 0. The van der Waals surface area contributed by atoms with E-state index >= 15 is 0 Å². The van der Waals surface area contributed by atoms with E-state index in [1.54, 1.807) is 0 Å². The molecule has 0 bridgehead atoms. The van der Waals surface area contributed by atoms with Gasteiger partial charge in [-0.3, -0.25) is 4.79 Å². The summed E-state index contributed by atoms with van der Waals surface area (Å²) in [5.41, 5.74) is 0. The highest BCUT2D eigenvalue weighted by Gasteiger charge is 2.12. The Morgan fingerprint density at radius 1 is 1.29 bits per heavy atom. The lowest BCUT2D eigenvalue weighted by Crippen LogP contribution is -2.44. The lowest BCUT2D eigenvalue weighted by atomic mass is 10.2. The van der Waals surface area contributed by atoms with Crippen molar-refractivity contribution >= 4 is 17.7 Å². The van der Waals surface area contributed by atoms with E-state index in [0.717, 1.165) is 25.3 Å². The molecule has 0 aromatic rings. The van der Waals surface area contributed by atoms with Crippen LogP contribution in [0.1, 0.15) is 40.0 Å². The monoisotopic (exact) mass is 260 g/mol. The van der Waals surface area contributed by atoms with Gasteiger partial charge in [-0.05, 0) is 37.8 Å². The summed E-state index contributed by atoms with van der Waals surface area (Å²) in [5.74, 6) is 1.87. The Balaban J connectivity index is 3.59. The fourth-order valence-electron chi connectivity index (χ4n) is 1.55. The smallest absolute Gasteiger partial charge is 0.236 e. The zero-order valence-corrected chi connectivity index (χ0v) is 12.5. The van der Waals surface area contributed by atoms with E-state index in [4.69, 9.17) is 0 Å². The third-order valence-corrected chi connectivity index (χ3v) is 3.60. The molecule has 4 heteroatoms. The molecule has 0 saturated carbocycles. The predicted octanol–water partition coefficient (Wildman–Crippen LogP) is 2.27. The summed E-state index contributed by atoms with van der Waals surface area (Å²) in [6.07, 6.45) is 5.57. The van der Waals surface area contributed by atoms with Crippen LogP contribution in [0.2, 0.25) is 0 Å². The van der Waals surface area contributed by atoms with Crippen molar-refractivity contribution in [3.05, 3.63) is 0 Å². The number of amides is 1. The molecule has 0 heterocycles. The predicted molar refractivity (Wildman–Crippen MR) is 77.5 cm³/mol. The van der Waals surface area contributed by atoms with Gasteiger partial charge in [0.15, 0.2) is 0 Å². The Bertz CT molecular complexity index is 200. The van der Waals surface area contributed by atoms with E-state index in [1.165, 1.54) is 12.8 Å². The first-order valence-electron chi connectivity index (χ1n) is 6.61. The molecule has 2 unspecified atom stereocenters. The second-order valence-corrected chi connectivity index (χ2v) is 5.60. The van der Waals surface area contributed by atoms with E-state index in [9.17, 15) is 4.79 Å². The van der Waals surface area contributed by atoms with Crippen LogP contribution in [0.5, 0.6) is 0 Å². The average Bonchev–Trinajstić information content (AvgIpc) is 2.31. The molecule has 0 aliphatic carbocycles. The van der Waals surface area contributed by atoms with Crippen LogP contribution in [-0.4, -0.2) is 37.0 Å². The van der Waals surface area contributed by atoms with Crippen LogP contribution in [0.4, 0.5) is 0 Å². The van der Waals surface area contributed by atoms with Crippen molar-refractivity contribution in [2.45, 2.75) is 46.1 Å². The minimum atomic E-state index is -0.0825. The van der Waals surface area contributed by atoms with E-state index in [-0.39, 0.29) is 11.9 Å². The van der Waals surface area contributed by atoms with Gasteiger partial charge in [-0.1, -0.05) is 26.7 Å². The van der Waals surface area contributed by atoms with Gasteiger partial charge in [0.25, 0.3) is 0 Å². The molecule has 0 aromatic carbocycles. The molecule has 2 N–H and O–H groups in total. The molecule has 2 atom stereocenters. The maximum atomic E-state index is 11.7. The Hall–Kier alpha value is -0.220. The minimum Gasteiger partial charge on any atom is -0.355 e. The van der Waals surface area contributed by atoms with Crippen LogP contribution in [0.15, 0.2) is 0 Å². The van der Waals surface area contributed by atoms with Crippen LogP contribution in [0.3, 0.4) is 0 Å². The number of hydrogen-bond acceptors (Lipinski definition) is 3. The molecule has 0 aliphatic heterocycles. The molecule has 0 aromatic heterocycles. The summed E-state index contributed by atoms with van der Waals surface area (Å²) in [5, 5.41) is 6.25. The largest absolute Gasteiger partial charge is 0.355 e. The SMILES string of the molecule is CCCCCNC(=O)C(C)NCC(C)CSC. The number of thioether (sulfide) groups is 1. The molecule has 0 spiro atoms. The first-order chi connectivity index (χ1) is 8.11. The van der Waals surface area contributed by atoms with Crippen molar-refractivity contribution in [1.29, 1.82) is 0 Å². The summed E-state index contributed by atoms with van der Waals surface area (Å²) in [6.45, 7) is 8.01. The van der Waals surface area contributed by atoms with Crippen molar-refractivity contribution in [2.75, 3.05) is 25.1 Å². The standard InChI is InChI=1S/C13H28N2OS/c1-5-6-7-8-14-13(16)12(3)15-9-11(2)10-17-4/h11-12,15H,5-10H2,1-4H3,(H,14,16). The third-order valence-electron chi connectivity index (χ3n) is 2.70. The van der Waals surface area contributed by atoms with Crippen LogP contribution in [0, 0.1) is 5.92 Å². The van der Waals surface area contributed by atoms with Gasteiger partial charge in [0.05, 0.1) is 6.04 Å². The lowest BCUT2D eigenvalue weighted by Gasteiger charge is -2.17. The van der Waals surface area contributed by atoms with Crippen molar-refractivity contribution in [2.24, 2.45) is 5.92 Å². The van der Waals surface area contributed by atoms with Gasteiger partial charge in [0.1, 0.15) is 0 Å². The summed E-state index contributed by atoms with van der Waals surface area (Å²) in [6, 6.07) is -0.0825. The molecule has 0 radical (unpaired) electrons. The second-order valence-electron chi connectivity index (χ2n) is 4.69. The van der Waals surface area contributed by atoms with Crippen molar-refractivity contribution in [3.8, 4) is 0 Å². The molecule has 0 rings (SSSR count). The van der Waals surface area contributed by atoms with Crippen LogP contribution in [-0.2, 0) is 4.79 Å². The van der Waals surface area contributed by atoms with Crippen molar-refractivity contribution in [1.82, 2.24) is 10.6 Å². The molecular weight excluding hydrogens is 232 g/mol. The lowest BCUT2D eigenvalue weighted by molar-refractivity contribution is -0.122. The van der Waals surface area contributed by atoms with Gasteiger partial charge in [0, 0.05) is 6.54 Å². The van der Waals surface area contributed by atoms with Crippen LogP contribution < -0.4 is 10.6 Å². The number of nitrogens with one attached hydrogen (secondary N) is 2. The fraction of sp³-hybridized carbons (Fsp3) is 0.923. The molecule has 17 heavy (non-hydrogen) atoms. The summed E-state index contributed by atoms with van der Waals surface area (Å²) in [4.78, 5) is 11.7. The highest BCUT2D eigenvalue weighted by Crippen LogP contribution is 2.03. The number of rotatable bonds is 10. The maximum Gasteiger partial charge on any atom is 0.236 e. The van der Waals surface area contributed by atoms with E-state index in [2.05, 4.69) is 30.7 Å².